The standard InChI is InChI=1S/C23H29N5O6/c1-15(29)25-18(14-16-6-4-8-20(33-2)21(16)34-3)23(30)26-17-9-12-27(13-10-17)22-19(28(31)32)7-5-11-24-22/h4-8,11,17-18H,9-10,12-14H2,1-3H3,(H,25,29)(H,26,30). The van der Waals surface area contributed by atoms with E-state index in [9.17, 15) is 19.7 Å². The smallest absolute Gasteiger partial charge is 0.311 e. The first-order valence-corrected chi connectivity index (χ1v) is 11.0. The fourth-order valence-electron chi connectivity index (χ4n) is 4.10. The zero-order valence-corrected chi connectivity index (χ0v) is 19.4. The Labute approximate surface area is 197 Å². The molecule has 1 aliphatic heterocycles. The molecule has 1 aromatic heterocycles. The molecule has 2 heterocycles. The predicted molar refractivity (Wildman–Crippen MR) is 125 cm³/mol. The molecular formula is C23H29N5O6. The number of anilines is 1. The zero-order chi connectivity index (χ0) is 24.7. The topological polar surface area (TPSA) is 136 Å². The number of nitrogens with zero attached hydrogens (tertiary/aromatic N) is 3. The minimum Gasteiger partial charge on any atom is -0.493 e. The summed E-state index contributed by atoms with van der Waals surface area (Å²) < 4.78 is 10.8. The molecule has 1 saturated heterocycles. The Balaban J connectivity index is 1.66. The Hall–Kier alpha value is -3.89. The number of hydrogen-bond acceptors (Lipinski definition) is 8. The highest BCUT2D eigenvalue weighted by Crippen LogP contribution is 2.31. The quantitative estimate of drug-likeness (QED) is 0.418. The molecule has 3 rings (SSSR count). The van der Waals surface area contributed by atoms with Crippen LogP contribution in [0.4, 0.5) is 11.5 Å². The monoisotopic (exact) mass is 471 g/mol. The third-order valence-corrected chi connectivity index (χ3v) is 5.71. The van der Waals surface area contributed by atoms with Crippen molar-refractivity contribution in [3.05, 3.63) is 52.2 Å². The van der Waals surface area contributed by atoms with Crippen molar-refractivity contribution < 1.29 is 24.0 Å². The van der Waals surface area contributed by atoms with Gasteiger partial charge in [0.15, 0.2) is 11.5 Å². The van der Waals surface area contributed by atoms with Crippen LogP contribution in [-0.2, 0) is 16.0 Å². The molecule has 0 bridgehead atoms. The minimum absolute atomic E-state index is 0.0389. The number of hydrogen-bond donors (Lipinski definition) is 2. The van der Waals surface area contributed by atoms with Gasteiger partial charge in [0.25, 0.3) is 0 Å². The lowest BCUT2D eigenvalue weighted by atomic mass is 10.0. The van der Waals surface area contributed by atoms with Crippen molar-refractivity contribution in [3.8, 4) is 11.5 Å². The summed E-state index contributed by atoms with van der Waals surface area (Å²) in [6.07, 6.45) is 2.94. The van der Waals surface area contributed by atoms with Crippen molar-refractivity contribution in [2.75, 3.05) is 32.2 Å². The third kappa shape index (κ3) is 5.91. The molecule has 1 aromatic carbocycles. The summed E-state index contributed by atoms with van der Waals surface area (Å²) in [5, 5.41) is 17.0. The largest absolute Gasteiger partial charge is 0.493 e. The molecule has 2 amide bonds. The van der Waals surface area contributed by atoms with Gasteiger partial charge in [0.05, 0.1) is 19.1 Å². The summed E-state index contributed by atoms with van der Waals surface area (Å²) in [7, 11) is 3.06. The zero-order valence-electron chi connectivity index (χ0n) is 19.4. The average molecular weight is 472 g/mol. The Kier molecular flexibility index (Phi) is 8.23. The molecule has 0 saturated carbocycles. The summed E-state index contributed by atoms with van der Waals surface area (Å²) in [4.78, 5) is 41.8. The van der Waals surface area contributed by atoms with E-state index >= 15 is 0 Å². The normalized spacial score (nSPS) is 14.7. The number of piperidine rings is 1. The number of aromatic nitrogens is 1. The first-order chi connectivity index (χ1) is 16.3. The molecule has 11 nitrogen and oxygen atoms in total. The molecule has 0 aliphatic carbocycles. The number of pyridine rings is 1. The summed E-state index contributed by atoms with van der Waals surface area (Å²) in [6.45, 7) is 2.38. The van der Waals surface area contributed by atoms with Gasteiger partial charge in [-0.25, -0.2) is 4.98 Å². The van der Waals surface area contributed by atoms with E-state index in [1.54, 1.807) is 12.1 Å². The van der Waals surface area contributed by atoms with Gasteiger partial charge < -0.3 is 25.0 Å². The average Bonchev–Trinajstić information content (AvgIpc) is 2.83. The van der Waals surface area contributed by atoms with Crippen LogP contribution in [0.15, 0.2) is 36.5 Å². The highest BCUT2D eigenvalue weighted by molar-refractivity contribution is 5.87. The first kappa shape index (κ1) is 24.7. The van der Waals surface area contributed by atoms with Crippen LogP contribution in [0.2, 0.25) is 0 Å². The van der Waals surface area contributed by atoms with E-state index in [2.05, 4.69) is 15.6 Å². The summed E-state index contributed by atoms with van der Waals surface area (Å²) >= 11 is 0. The van der Waals surface area contributed by atoms with E-state index in [1.165, 1.54) is 39.5 Å². The number of rotatable bonds is 9. The molecule has 182 valence electrons. The van der Waals surface area contributed by atoms with Gasteiger partial charge in [-0.1, -0.05) is 12.1 Å². The molecule has 0 spiro atoms. The van der Waals surface area contributed by atoms with Crippen LogP contribution < -0.4 is 25.0 Å². The summed E-state index contributed by atoms with van der Waals surface area (Å²) in [5.74, 6) is 0.761. The molecule has 1 aliphatic rings. The summed E-state index contributed by atoms with van der Waals surface area (Å²) in [5.41, 5.74) is 0.691. The van der Waals surface area contributed by atoms with Gasteiger partial charge in [0.1, 0.15) is 6.04 Å². The SMILES string of the molecule is COc1cccc(CC(NC(C)=O)C(=O)NC2CCN(c3ncccc3[N+](=O)[O-])CC2)c1OC. The van der Waals surface area contributed by atoms with Crippen LogP contribution in [0.1, 0.15) is 25.3 Å². The molecular weight excluding hydrogens is 442 g/mol. The molecule has 2 aromatic rings. The number of para-hydroxylation sites is 1. The highest BCUT2D eigenvalue weighted by atomic mass is 16.6. The van der Waals surface area contributed by atoms with Crippen molar-refractivity contribution in [1.82, 2.24) is 15.6 Å². The lowest BCUT2D eigenvalue weighted by molar-refractivity contribution is -0.384. The van der Waals surface area contributed by atoms with E-state index in [0.717, 1.165) is 5.56 Å². The number of carbonyl (C=O) groups is 2. The maximum absolute atomic E-state index is 13.1. The molecule has 11 heteroatoms. The van der Waals surface area contributed by atoms with Crippen molar-refractivity contribution in [3.63, 3.8) is 0 Å². The maximum atomic E-state index is 13.1. The van der Waals surface area contributed by atoms with Crippen LogP contribution in [0.5, 0.6) is 11.5 Å². The third-order valence-electron chi connectivity index (χ3n) is 5.71. The number of methoxy groups -OCH3 is 2. The molecule has 34 heavy (non-hydrogen) atoms. The second kappa shape index (κ2) is 11.3. The number of amides is 2. The van der Waals surface area contributed by atoms with Gasteiger partial charge in [0, 0.05) is 50.3 Å². The molecule has 1 unspecified atom stereocenters. The van der Waals surface area contributed by atoms with Crippen LogP contribution in [0.3, 0.4) is 0 Å². The highest BCUT2D eigenvalue weighted by Gasteiger charge is 2.29. The lowest BCUT2D eigenvalue weighted by Crippen LogP contribution is -2.52. The maximum Gasteiger partial charge on any atom is 0.311 e. The second-order valence-corrected chi connectivity index (χ2v) is 7.98. The van der Waals surface area contributed by atoms with Gasteiger partial charge in [0.2, 0.25) is 17.6 Å². The van der Waals surface area contributed by atoms with Crippen molar-refractivity contribution in [1.29, 1.82) is 0 Å². The van der Waals surface area contributed by atoms with Crippen LogP contribution in [-0.4, -0.2) is 61.1 Å². The molecule has 1 fully saturated rings. The van der Waals surface area contributed by atoms with E-state index in [-0.39, 0.29) is 30.0 Å². The number of nitro groups is 1. The van der Waals surface area contributed by atoms with E-state index in [0.29, 0.717) is 43.2 Å². The molecule has 2 N–H and O–H groups in total. The van der Waals surface area contributed by atoms with Gasteiger partial charge in [-0.2, -0.15) is 0 Å². The number of carbonyl (C=O) groups excluding carboxylic acids is 2. The van der Waals surface area contributed by atoms with Gasteiger partial charge in [-0.15, -0.1) is 0 Å². The Morgan fingerprint density at radius 2 is 1.94 bits per heavy atom. The van der Waals surface area contributed by atoms with E-state index in [4.69, 9.17) is 9.47 Å². The lowest BCUT2D eigenvalue weighted by Gasteiger charge is -2.33. The Morgan fingerprint density at radius 1 is 1.21 bits per heavy atom. The summed E-state index contributed by atoms with van der Waals surface area (Å²) in [6, 6.07) is 7.42. The number of ether oxygens (including phenoxy) is 2. The molecule has 1 atom stereocenters. The fraction of sp³-hybridized carbons (Fsp3) is 0.435. The van der Waals surface area contributed by atoms with Crippen molar-refractivity contribution in [2.24, 2.45) is 0 Å². The number of benzene rings is 1. The van der Waals surface area contributed by atoms with Gasteiger partial charge >= 0.3 is 5.69 Å². The first-order valence-electron chi connectivity index (χ1n) is 11.0. The number of nitrogens with one attached hydrogen (secondary N) is 2. The Bertz CT molecular complexity index is 1040. The molecule has 0 radical (unpaired) electrons. The van der Waals surface area contributed by atoms with Crippen molar-refractivity contribution in [2.45, 2.75) is 38.3 Å². The minimum atomic E-state index is -0.798. The van der Waals surface area contributed by atoms with Crippen LogP contribution in [0, 0.1) is 10.1 Å². The fourth-order valence-corrected chi connectivity index (χ4v) is 4.10. The van der Waals surface area contributed by atoms with E-state index in [1.807, 2.05) is 11.0 Å². The Morgan fingerprint density at radius 3 is 2.56 bits per heavy atom. The van der Waals surface area contributed by atoms with Crippen LogP contribution >= 0.6 is 0 Å². The van der Waals surface area contributed by atoms with Crippen molar-refractivity contribution >= 4 is 23.3 Å². The van der Waals surface area contributed by atoms with Gasteiger partial charge in [-0.05, 0) is 25.0 Å². The predicted octanol–water partition coefficient (Wildman–Crippen LogP) is 1.84. The van der Waals surface area contributed by atoms with Gasteiger partial charge in [-0.3, -0.25) is 19.7 Å². The van der Waals surface area contributed by atoms with Crippen LogP contribution in [0.25, 0.3) is 0 Å². The second-order valence-electron chi connectivity index (χ2n) is 7.98. The van der Waals surface area contributed by atoms with E-state index < -0.39 is 11.0 Å².